The second-order valence-corrected chi connectivity index (χ2v) is 6.32. The molecule has 0 bridgehead atoms. The lowest BCUT2D eigenvalue weighted by Crippen LogP contribution is -2.17. The minimum atomic E-state index is -0.637. The van der Waals surface area contributed by atoms with Gasteiger partial charge in [-0.15, -0.1) is 0 Å². The summed E-state index contributed by atoms with van der Waals surface area (Å²) in [6.07, 6.45) is 3.81. The quantitative estimate of drug-likeness (QED) is 0.366. The van der Waals surface area contributed by atoms with E-state index in [1.807, 2.05) is 25.1 Å². The number of carbonyl (C=O) groups is 1. The van der Waals surface area contributed by atoms with Crippen LogP contribution < -0.4 is 14.2 Å². The highest BCUT2D eigenvalue weighted by molar-refractivity contribution is 5.71. The number of nitrogens with zero attached hydrogens (tertiary/aromatic N) is 1. The molecule has 2 aromatic carbocycles. The Hall–Kier alpha value is -3.59. The molecular weight excluding hydrogens is 394 g/mol. The number of ether oxygens (including phenoxy) is 5. The molecule has 2 aromatic rings. The summed E-state index contributed by atoms with van der Waals surface area (Å²) >= 11 is 0. The van der Waals surface area contributed by atoms with Crippen molar-refractivity contribution >= 4 is 17.7 Å². The first-order valence-corrected chi connectivity index (χ1v) is 9.11. The normalized spacial score (nSPS) is 12.7. The lowest BCUT2D eigenvalue weighted by molar-refractivity contribution is -0.385. The fourth-order valence-corrected chi connectivity index (χ4v) is 2.93. The van der Waals surface area contributed by atoms with Gasteiger partial charge in [-0.05, 0) is 24.6 Å². The van der Waals surface area contributed by atoms with Crippen LogP contribution in [0.1, 0.15) is 23.6 Å². The van der Waals surface area contributed by atoms with Crippen LogP contribution in [0.15, 0.2) is 36.4 Å². The first-order valence-electron chi connectivity index (χ1n) is 9.11. The van der Waals surface area contributed by atoms with E-state index in [2.05, 4.69) is 0 Å². The molecule has 0 spiro atoms. The van der Waals surface area contributed by atoms with Gasteiger partial charge >= 0.3 is 5.97 Å². The van der Waals surface area contributed by atoms with Gasteiger partial charge in [0.15, 0.2) is 24.9 Å². The van der Waals surface area contributed by atoms with Crippen molar-refractivity contribution in [3.8, 4) is 17.2 Å². The molecule has 0 N–H and O–H groups in total. The second kappa shape index (κ2) is 9.75. The number of nitro benzene ring substituents is 1. The Morgan fingerprint density at radius 3 is 2.83 bits per heavy atom. The van der Waals surface area contributed by atoms with Crippen molar-refractivity contribution in [2.45, 2.75) is 20.1 Å². The summed E-state index contributed by atoms with van der Waals surface area (Å²) in [6, 6.07) is 8.02. The van der Waals surface area contributed by atoms with Crippen LogP contribution in [0.3, 0.4) is 0 Å². The third-order valence-corrected chi connectivity index (χ3v) is 4.26. The van der Waals surface area contributed by atoms with Crippen molar-refractivity contribution in [1.82, 2.24) is 0 Å². The highest BCUT2D eigenvalue weighted by Gasteiger charge is 2.22. The fourth-order valence-electron chi connectivity index (χ4n) is 2.93. The van der Waals surface area contributed by atoms with Gasteiger partial charge in [-0.3, -0.25) is 10.1 Å². The monoisotopic (exact) mass is 415 g/mol. The number of fused-ring (bicyclic) bond motifs is 1. The van der Waals surface area contributed by atoms with Crippen molar-refractivity contribution < 1.29 is 33.4 Å². The molecule has 9 heteroatoms. The Morgan fingerprint density at radius 1 is 1.27 bits per heavy atom. The molecule has 0 saturated carbocycles. The Morgan fingerprint density at radius 2 is 2.10 bits per heavy atom. The molecule has 1 aliphatic heterocycles. The molecule has 0 saturated heterocycles. The standard InChI is InChI=1S/C21H21NO8/c1-3-4-14-5-6-18(19(7-14)26-2)28-12-20(23)29-11-16-9-17(22(24)25)8-15-10-27-13-30-21(15)16/h3-9H,10-13H2,1-2H3. The smallest absolute Gasteiger partial charge is 0.344 e. The van der Waals surface area contributed by atoms with Gasteiger partial charge in [0.05, 0.1) is 18.6 Å². The Balaban J connectivity index is 1.64. The number of methoxy groups -OCH3 is 1. The highest BCUT2D eigenvalue weighted by atomic mass is 16.7. The number of benzene rings is 2. The van der Waals surface area contributed by atoms with Gasteiger partial charge in [0, 0.05) is 23.3 Å². The van der Waals surface area contributed by atoms with Gasteiger partial charge in [0.1, 0.15) is 12.4 Å². The van der Waals surface area contributed by atoms with E-state index in [-0.39, 0.29) is 32.3 Å². The fraction of sp³-hybridized carbons (Fsp3) is 0.286. The van der Waals surface area contributed by atoms with E-state index in [9.17, 15) is 14.9 Å². The topological polar surface area (TPSA) is 106 Å². The van der Waals surface area contributed by atoms with Crippen LogP contribution in [0.4, 0.5) is 5.69 Å². The van der Waals surface area contributed by atoms with E-state index >= 15 is 0 Å². The Labute approximate surface area is 172 Å². The van der Waals surface area contributed by atoms with E-state index in [0.717, 1.165) is 5.56 Å². The number of carbonyl (C=O) groups excluding carboxylic acids is 1. The van der Waals surface area contributed by atoms with E-state index in [1.54, 1.807) is 12.1 Å². The van der Waals surface area contributed by atoms with E-state index in [1.165, 1.54) is 19.2 Å². The maximum atomic E-state index is 12.1. The average molecular weight is 415 g/mol. The largest absolute Gasteiger partial charge is 0.493 e. The van der Waals surface area contributed by atoms with Crippen LogP contribution in [-0.2, 0) is 27.5 Å². The van der Waals surface area contributed by atoms with E-state index in [4.69, 9.17) is 23.7 Å². The summed E-state index contributed by atoms with van der Waals surface area (Å²) in [5.74, 6) is 0.680. The number of hydrogen-bond acceptors (Lipinski definition) is 8. The lowest BCUT2D eigenvalue weighted by atomic mass is 10.1. The third-order valence-electron chi connectivity index (χ3n) is 4.26. The van der Waals surface area contributed by atoms with Gasteiger partial charge in [0.25, 0.3) is 5.69 Å². The third kappa shape index (κ3) is 5.06. The van der Waals surface area contributed by atoms with Crippen molar-refractivity contribution in [2.75, 3.05) is 20.5 Å². The lowest BCUT2D eigenvalue weighted by Gasteiger charge is -2.20. The summed E-state index contributed by atoms with van der Waals surface area (Å²) in [6.45, 7) is 1.58. The number of nitro groups is 1. The maximum absolute atomic E-state index is 12.1. The van der Waals surface area contributed by atoms with Crippen molar-refractivity contribution in [3.05, 3.63) is 63.2 Å². The molecule has 0 amide bonds. The molecule has 0 unspecified atom stereocenters. The van der Waals surface area contributed by atoms with Crippen LogP contribution in [0, 0.1) is 10.1 Å². The zero-order valence-corrected chi connectivity index (χ0v) is 16.6. The molecule has 1 heterocycles. The molecule has 0 aromatic heterocycles. The van der Waals surface area contributed by atoms with Gasteiger partial charge in [0.2, 0.25) is 0 Å². The molecule has 158 valence electrons. The van der Waals surface area contributed by atoms with Gasteiger partial charge < -0.3 is 23.7 Å². The molecule has 0 atom stereocenters. The second-order valence-electron chi connectivity index (χ2n) is 6.32. The number of hydrogen-bond donors (Lipinski definition) is 0. The first kappa shape index (κ1) is 21.1. The summed E-state index contributed by atoms with van der Waals surface area (Å²) in [5.41, 5.74) is 1.73. The summed E-state index contributed by atoms with van der Waals surface area (Å²) in [7, 11) is 1.51. The Kier molecular flexibility index (Phi) is 6.87. The van der Waals surface area contributed by atoms with Crippen molar-refractivity contribution in [3.63, 3.8) is 0 Å². The summed E-state index contributed by atoms with van der Waals surface area (Å²) in [5, 5.41) is 11.1. The zero-order valence-electron chi connectivity index (χ0n) is 16.6. The average Bonchev–Trinajstić information content (AvgIpc) is 2.76. The van der Waals surface area contributed by atoms with E-state index < -0.39 is 10.9 Å². The van der Waals surface area contributed by atoms with Gasteiger partial charge in [-0.2, -0.15) is 0 Å². The molecule has 9 nitrogen and oxygen atoms in total. The number of rotatable bonds is 8. The molecule has 0 fully saturated rings. The summed E-state index contributed by atoms with van der Waals surface area (Å²) in [4.78, 5) is 22.8. The van der Waals surface area contributed by atoms with Crippen LogP contribution in [0.2, 0.25) is 0 Å². The number of allylic oxidation sites excluding steroid dienone is 1. The number of esters is 1. The van der Waals surface area contributed by atoms with Crippen LogP contribution in [0.5, 0.6) is 17.2 Å². The van der Waals surface area contributed by atoms with Gasteiger partial charge in [-0.1, -0.05) is 18.2 Å². The van der Waals surface area contributed by atoms with E-state index in [0.29, 0.717) is 28.4 Å². The highest BCUT2D eigenvalue weighted by Crippen LogP contribution is 2.33. The predicted molar refractivity (Wildman–Crippen MR) is 106 cm³/mol. The zero-order chi connectivity index (χ0) is 21.5. The molecule has 30 heavy (non-hydrogen) atoms. The van der Waals surface area contributed by atoms with Crippen LogP contribution >= 0.6 is 0 Å². The molecule has 1 aliphatic rings. The molecular formula is C21H21NO8. The summed E-state index contributed by atoms with van der Waals surface area (Å²) < 4.78 is 26.6. The predicted octanol–water partition coefficient (Wildman–Crippen LogP) is 3.63. The molecule has 0 radical (unpaired) electrons. The minimum Gasteiger partial charge on any atom is -0.493 e. The Bertz CT molecular complexity index is 970. The molecule has 3 rings (SSSR count). The van der Waals surface area contributed by atoms with Crippen molar-refractivity contribution in [1.29, 1.82) is 0 Å². The SMILES string of the molecule is CC=Cc1ccc(OCC(=O)OCc2cc([N+](=O)[O-])cc3c2OCOC3)c(OC)c1. The van der Waals surface area contributed by atoms with Crippen molar-refractivity contribution in [2.24, 2.45) is 0 Å². The van der Waals surface area contributed by atoms with Gasteiger partial charge in [-0.25, -0.2) is 4.79 Å². The minimum absolute atomic E-state index is 0.0257. The van der Waals surface area contributed by atoms with Crippen LogP contribution in [0.25, 0.3) is 6.08 Å². The maximum Gasteiger partial charge on any atom is 0.344 e. The number of non-ortho nitro benzene ring substituents is 1. The first-order chi connectivity index (χ1) is 14.5. The molecule has 0 aliphatic carbocycles. The van der Waals surface area contributed by atoms with Crippen LogP contribution in [-0.4, -0.2) is 31.4 Å².